The molecule has 0 saturated carbocycles. The molecule has 1 heterocycles. The normalized spacial score (nSPS) is 17.2. The second kappa shape index (κ2) is 7.51. The Balaban J connectivity index is 1.90. The van der Waals surface area contributed by atoms with Gasteiger partial charge in [-0.3, -0.25) is 0 Å². The fourth-order valence-electron chi connectivity index (χ4n) is 2.75. The van der Waals surface area contributed by atoms with Gasteiger partial charge in [0.2, 0.25) is 0 Å². The van der Waals surface area contributed by atoms with E-state index in [-0.39, 0.29) is 0 Å². The quantitative estimate of drug-likeness (QED) is 0.876. The highest BCUT2D eigenvalue weighted by Gasteiger charge is 2.11. The summed E-state index contributed by atoms with van der Waals surface area (Å²) in [5.74, 6) is 0. The Hall–Kier alpha value is -1.06. The molecule has 106 valence electrons. The van der Waals surface area contributed by atoms with Crippen LogP contribution in [0.3, 0.4) is 0 Å². The minimum Gasteiger partial charge on any atom is -0.370 e. The lowest BCUT2D eigenvalue weighted by molar-refractivity contribution is 0.298. The van der Waals surface area contributed by atoms with E-state index >= 15 is 0 Å². The van der Waals surface area contributed by atoms with Crippen molar-refractivity contribution < 1.29 is 0 Å². The molecule has 19 heavy (non-hydrogen) atoms. The Bertz CT molecular complexity index is 370. The van der Waals surface area contributed by atoms with Crippen molar-refractivity contribution in [3.05, 3.63) is 29.8 Å². The molecule has 0 aliphatic carbocycles. The van der Waals surface area contributed by atoms with Gasteiger partial charge in [0.05, 0.1) is 0 Å². The molecule has 1 saturated heterocycles. The summed E-state index contributed by atoms with van der Waals surface area (Å²) in [5, 5.41) is 3.46. The average Bonchev–Trinajstić information content (AvgIpc) is 2.70. The summed E-state index contributed by atoms with van der Waals surface area (Å²) in [7, 11) is 0. The van der Waals surface area contributed by atoms with Gasteiger partial charge in [0.25, 0.3) is 0 Å². The molecular weight excluding hydrogens is 234 g/mol. The molecule has 3 nitrogen and oxygen atoms in total. The van der Waals surface area contributed by atoms with E-state index in [1.165, 1.54) is 43.9 Å². The van der Waals surface area contributed by atoms with E-state index in [1.54, 1.807) is 0 Å². The van der Waals surface area contributed by atoms with E-state index in [4.69, 9.17) is 0 Å². The van der Waals surface area contributed by atoms with Crippen molar-refractivity contribution in [3.63, 3.8) is 0 Å². The van der Waals surface area contributed by atoms with Gasteiger partial charge in [0.1, 0.15) is 0 Å². The third kappa shape index (κ3) is 4.22. The van der Waals surface area contributed by atoms with Crippen molar-refractivity contribution in [2.24, 2.45) is 0 Å². The van der Waals surface area contributed by atoms with Crippen molar-refractivity contribution in [2.75, 3.05) is 50.7 Å². The number of hydrogen-bond donors (Lipinski definition) is 1. The molecule has 0 unspecified atom stereocenters. The minimum atomic E-state index is 1.08. The number of rotatable bonds is 5. The maximum atomic E-state index is 3.46. The molecule has 1 aromatic rings. The van der Waals surface area contributed by atoms with E-state index in [9.17, 15) is 0 Å². The summed E-state index contributed by atoms with van der Waals surface area (Å²) < 4.78 is 0. The number of nitrogens with one attached hydrogen (secondary N) is 1. The Morgan fingerprint density at radius 1 is 1.21 bits per heavy atom. The summed E-state index contributed by atoms with van der Waals surface area (Å²) in [5.41, 5.74) is 2.76. The summed E-state index contributed by atoms with van der Waals surface area (Å²) in [6.07, 6.45) is 1.27. The van der Waals surface area contributed by atoms with E-state index in [0.29, 0.717) is 0 Å². The van der Waals surface area contributed by atoms with Crippen LogP contribution in [0.2, 0.25) is 0 Å². The van der Waals surface area contributed by atoms with Crippen LogP contribution in [0.4, 0.5) is 5.69 Å². The monoisotopic (exact) mass is 261 g/mol. The van der Waals surface area contributed by atoms with Gasteiger partial charge in [-0.1, -0.05) is 18.2 Å². The van der Waals surface area contributed by atoms with Crippen molar-refractivity contribution >= 4 is 5.69 Å². The highest BCUT2D eigenvalue weighted by Crippen LogP contribution is 2.18. The molecule has 0 spiro atoms. The Morgan fingerprint density at radius 3 is 2.84 bits per heavy atom. The van der Waals surface area contributed by atoms with Gasteiger partial charge >= 0.3 is 0 Å². The summed E-state index contributed by atoms with van der Waals surface area (Å²) >= 11 is 0. The highest BCUT2D eigenvalue weighted by atomic mass is 15.2. The first-order valence-corrected chi connectivity index (χ1v) is 7.55. The van der Waals surface area contributed by atoms with E-state index in [1.807, 2.05) is 0 Å². The second-order valence-electron chi connectivity index (χ2n) is 5.31. The van der Waals surface area contributed by atoms with Crippen LogP contribution in [-0.2, 0) is 0 Å². The number of likely N-dealkylation sites (N-methyl/N-ethyl adjacent to an activating group) is 1. The van der Waals surface area contributed by atoms with Crippen LogP contribution < -0.4 is 10.2 Å². The van der Waals surface area contributed by atoms with Crippen LogP contribution in [-0.4, -0.2) is 50.7 Å². The smallest absolute Gasteiger partial charge is 0.0396 e. The zero-order valence-electron chi connectivity index (χ0n) is 12.4. The van der Waals surface area contributed by atoms with Gasteiger partial charge in [-0.05, 0) is 45.0 Å². The topological polar surface area (TPSA) is 18.5 Å². The molecule has 1 N–H and O–H groups in total. The summed E-state index contributed by atoms with van der Waals surface area (Å²) in [4.78, 5) is 5.08. The third-order valence-corrected chi connectivity index (χ3v) is 3.96. The number of nitrogens with zero attached hydrogens (tertiary/aromatic N) is 2. The molecule has 1 aliphatic rings. The lowest BCUT2D eigenvalue weighted by Gasteiger charge is -2.28. The van der Waals surface area contributed by atoms with Crippen LogP contribution in [0.1, 0.15) is 18.9 Å². The van der Waals surface area contributed by atoms with Gasteiger partial charge in [0.15, 0.2) is 0 Å². The van der Waals surface area contributed by atoms with Crippen LogP contribution in [0.5, 0.6) is 0 Å². The van der Waals surface area contributed by atoms with Crippen LogP contribution >= 0.6 is 0 Å². The van der Waals surface area contributed by atoms with Crippen LogP contribution in [0.15, 0.2) is 24.3 Å². The first-order valence-electron chi connectivity index (χ1n) is 7.55. The standard InChI is InChI=1S/C16H27N3/c1-3-19(16-8-5-4-7-15(16)2)14-13-18-11-6-9-17-10-12-18/h4-5,7-8,17H,3,6,9-14H2,1-2H3. The molecule has 1 aromatic carbocycles. The van der Waals surface area contributed by atoms with Gasteiger partial charge in [-0.25, -0.2) is 0 Å². The molecule has 0 aromatic heterocycles. The minimum absolute atomic E-state index is 1.08. The fraction of sp³-hybridized carbons (Fsp3) is 0.625. The molecule has 0 atom stereocenters. The largest absolute Gasteiger partial charge is 0.370 e. The SMILES string of the molecule is CCN(CCN1CCCNCC1)c1ccccc1C. The van der Waals surface area contributed by atoms with Gasteiger partial charge in [0, 0.05) is 38.4 Å². The maximum Gasteiger partial charge on any atom is 0.0396 e. The Kier molecular flexibility index (Phi) is 5.67. The zero-order chi connectivity index (χ0) is 13.5. The third-order valence-electron chi connectivity index (χ3n) is 3.96. The summed E-state index contributed by atoms with van der Waals surface area (Å²) in [6.45, 7) is 12.6. The van der Waals surface area contributed by atoms with Gasteiger partial charge in [-0.15, -0.1) is 0 Å². The molecular formula is C16H27N3. The van der Waals surface area contributed by atoms with Crippen molar-refractivity contribution in [1.82, 2.24) is 10.2 Å². The van der Waals surface area contributed by atoms with Gasteiger partial charge < -0.3 is 15.1 Å². The van der Waals surface area contributed by atoms with Crippen LogP contribution in [0, 0.1) is 6.92 Å². The highest BCUT2D eigenvalue weighted by molar-refractivity contribution is 5.52. The van der Waals surface area contributed by atoms with E-state index in [2.05, 4.69) is 53.2 Å². The predicted molar refractivity (Wildman–Crippen MR) is 83.0 cm³/mol. The van der Waals surface area contributed by atoms with Crippen LogP contribution in [0.25, 0.3) is 0 Å². The molecule has 1 fully saturated rings. The van der Waals surface area contributed by atoms with Crippen molar-refractivity contribution in [3.8, 4) is 0 Å². The molecule has 1 aliphatic heterocycles. The van der Waals surface area contributed by atoms with E-state index < -0.39 is 0 Å². The first-order chi connectivity index (χ1) is 9.31. The number of hydrogen-bond acceptors (Lipinski definition) is 3. The fourth-order valence-corrected chi connectivity index (χ4v) is 2.75. The molecule has 0 radical (unpaired) electrons. The summed E-state index contributed by atoms with van der Waals surface area (Å²) in [6, 6.07) is 8.70. The number of para-hydroxylation sites is 1. The van der Waals surface area contributed by atoms with Crippen molar-refractivity contribution in [1.29, 1.82) is 0 Å². The average molecular weight is 261 g/mol. The molecule has 3 heteroatoms. The predicted octanol–water partition coefficient (Wildman–Crippen LogP) is 2.12. The lowest BCUT2D eigenvalue weighted by Crippen LogP contribution is -2.37. The number of anilines is 1. The zero-order valence-corrected chi connectivity index (χ0v) is 12.4. The Morgan fingerprint density at radius 2 is 2.05 bits per heavy atom. The number of benzene rings is 1. The molecule has 0 bridgehead atoms. The second-order valence-corrected chi connectivity index (χ2v) is 5.31. The van der Waals surface area contributed by atoms with E-state index in [0.717, 1.165) is 19.6 Å². The van der Waals surface area contributed by atoms with Crippen molar-refractivity contribution in [2.45, 2.75) is 20.3 Å². The molecule has 0 amide bonds. The Labute approximate surface area is 117 Å². The molecule has 2 rings (SSSR count). The first kappa shape index (κ1) is 14.4. The van der Waals surface area contributed by atoms with Gasteiger partial charge in [-0.2, -0.15) is 0 Å². The maximum absolute atomic E-state index is 3.46. The number of aryl methyl sites for hydroxylation is 1. The lowest BCUT2D eigenvalue weighted by atomic mass is 10.2.